The van der Waals surface area contributed by atoms with E-state index >= 15 is 0 Å². The summed E-state index contributed by atoms with van der Waals surface area (Å²) in [7, 11) is 1.74. The van der Waals surface area contributed by atoms with Crippen LogP contribution in [0, 0.1) is 5.92 Å². The van der Waals surface area contributed by atoms with E-state index in [1.54, 1.807) is 13.4 Å². The second-order valence-electron chi connectivity index (χ2n) is 6.37. The number of carbonyl (C=O) groups is 1. The summed E-state index contributed by atoms with van der Waals surface area (Å²) in [5, 5.41) is 0. The summed E-state index contributed by atoms with van der Waals surface area (Å²) in [5.41, 5.74) is 0.796. The smallest absolute Gasteiger partial charge is 0.257 e. The van der Waals surface area contributed by atoms with Crippen molar-refractivity contribution in [3.63, 3.8) is 0 Å². The Hall–Kier alpha value is -1.29. The van der Waals surface area contributed by atoms with Crippen LogP contribution in [-0.2, 0) is 4.74 Å². The Morgan fingerprint density at radius 2 is 2.24 bits per heavy atom. The predicted octanol–water partition coefficient (Wildman–Crippen LogP) is 3.44. The van der Waals surface area contributed by atoms with Gasteiger partial charge in [0.1, 0.15) is 5.76 Å². The summed E-state index contributed by atoms with van der Waals surface area (Å²) < 4.78 is 10.7. The van der Waals surface area contributed by atoms with Crippen LogP contribution in [0.2, 0.25) is 0 Å². The van der Waals surface area contributed by atoms with Gasteiger partial charge in [0.05, 0.1) is 11.8 Å². The number of methoxy groups -OCH3 is 1. The van der Waals surface area contributed by atoms with Crippen LogP contribution < -0.4 is 0 Å². The molecular weight excluding hydrogens is 266 g/mol. The van der Waals surface area contributed by atoms with Gasteiger partial charge in [0.15, 0.2) is 0 Å². The Morgan fingerprint density at radius 1 is 1.38 bits per heavy atom. The van der Waals surface area contributed by atoms with Crippen LogP contribution in [0.15, 0.2) is 16.7 Å². The van der Waals surface area contributed by atoms with Crippen LogP contribution in [0.25, 0.3) is 0 Å². The van der Waals surface area contributed by atoms with E-state index in [1.165, 1.54) is 12.8 Å². The molecule has 1 aliphatic carbocycles. The fourth-order valence-electron chi connectivity index (χ4n) is 3.26. The molecule has 1 saturated carbocycles. The minimum Gasteiger partial charge on any atom is -0.468 e. The Kier molecular flexibility index (Phi) is 4.63. The normalized spacial score (nSPS) is 23.1. The van der Waals surface area contributed by atoms with Gasteiger partial charge in [-0.05, 0) is 44.1 Å². The number of carbonyl (C=O) groups excluding carboxylic acids is 1. The second-order valence-corrected chi connectivity index (χ2v) is 6.37. The van der Waals surface area contributed by atoms with Gasteiger partial charge in [0, 0.05) is 32.7 Å². The number of amides is 1. The summed E-state index contributed by atoms with van der Waals surface area (Å²) in [6.07, 6.45) is 8.54. The highest BCUT2D eigenvalue weighted by atomic mass is 16.5. The van der Waals surface area contributed by atoms with Crippen LogP contribution in [0.3, 0.4) is 0 Å². The van der Waals surface area contributed by atoms with Crippen molar-refractivity contribution in [2.24, 2.45) is 5.92 Å². The zero-order chi connectivity index (χ0) is 14.7. The SMILES string of the molecule is COCCC1CCCCN(C(=O)c2ccoc2C2CC2)C1. The van der Waals surface area contributed by atoms with Crippen molar-refractivity contribution < 1.29 is 13.9 Å². The molecule has 4 heteroatoms. The van der Waals surface area contributed by atoms with Crippen molar-refractivity contribution in [2.45, 2.75) is 44.4 Å². The standard InChI is InChI=1S/C17H25NO3/c1-20-10-7-13-4-2-3-9-18(12-13)17(19)15-8-11-21-16(15)14-5-6-14/h8,11,13-14H,2-7,9-10,12H2,1H3. The molecule has 2 fully saturated rings. The first-order valence-electron chi connectivity index (χ1n) is 8.15. The Balaban J connectivity index is 1.68. The number of nitrogens with zero attached hydrogens (tertiary/aromatic N) is 1. The van der Waals surface area contributed by atoms with E-state index in [9.17, 15) is 4.79 Å². The maximum atomic E-state index is 12.8. The maximum absolute atomic E-state index is 12.8. The number of likely N-dealkylation sites (tertiary alicyclic amines) is 1. The first-order valence-corrected chi connectivity index (χ1v) is 8.15. The lowest BCUT2D eigenvalue weighted by Crippen LogP contribution is -2.35. The van der Waals surface area contributed by atoms with Gasteiger partial charge in [-0.15, -0.1) is 0 Å². The van der Waals surface area contributed by atoms with E-state index in [0.717, 1.165) is 56.7 Å². The molecule has 2 aliphatic rings. The molecule has 1 atom stereocenters. The average molecular weight is 291 g/mol. The second kappa shape index (κ2) is 6.65. The van der Waals surface area contributed by atoms with Crippen LogP contribution >= 0.6 is 0 Å². The Morgan fingerprint density at radius 3 is 3.00 bits per heavy atom. The summed E-state index contributed by atoms with van der Waals surface area (Å²) in [5.74, 6) is 2.12. The highest BCUT2D eigenvalue weighted by Crippen LogP contribution is 2.42. The zero-order valence-electron chi connectivity index (χ0n) is 12.8. The van der Waals surface area contributed by atoms with Crippen molar-refractivity contribution >= 4 is 5.91 Å². The number of rotatable bonds is 5. The van der Waals surface area contributed by atoms with Crippen molar-refractivity contribution in [1.82, 2.24) is 4.90 Å². The van der Waals surface area contributed by atoms with Gasteiger partial charge in [-0.3, -0.25) is 4.79 Å². The van der Waals surface area contributed by atoms with Crippen LogP contribution in [0.4, 0.5) is 0 Å². The molecule has 1 aromatic heterocycles. The van der Waals surface area contributed by atoms with Gasteiger partial charge in [-0.1, -0.05) is 6.42 Å². The molecule has 1 unspecified atom stereocenters. The topological polar surface area (TPSA) is 42.7 Å². The predicted molar refractivity (Wildman–Crippen MR) is 80.4 cm³/mol. The number of hydrogen-bond donors (Lipinski definition) is 0. The molecule has 2 heterocycles. The van der Waals surface area contributed by atoms with Crippen molar-refractivity contribution in [1.29, 1.82) is 0 Å². The molecule has 1 aromatic rings. The highest BCUT2D eigenvalue weighted by Gasteiger charge is 2.33. The number of furan rings is 1. The maximum Gasteiger partial charge on any atom is 0.257 e. The van der Waals surface area contributed by atoms with E-state index in [1.807, 2.05) is 11.0 Å². The average Bonchev–Trinajstić information content (AvgIpc) is 3.27. The van der Waals surface area contributed by atoms with Gasteiger partial charge in [-0.25, -0.2) is 0 Å². The molecule has 3 rings (SSSR count). The molecule has 0 aromatic carbocycles. The fourth-order valence-corrected chi connectivity index (χ4v) is 3.26. The van der Waals surface area contributed by atoms with E-state index in [2.05, 4.69) is 0 Å². The number of hydrogen-bond acceptors (Lipinski definition) is 3. The van der Waals surface area contributed by atoms with Gasteiger partial charge < -0.3 is 14.1 Å². The molecular formula is C17H25NO3. The van der Waals surface area contributed by atoms with Crippen molar-refractivity contribution in [2.75, 3.05) is 26.8 Å². The lowest BCUT2D eigenvalue weighted by Gasteiger charge is -2.24. The van der Waals surface area contributed by atoms with E-state index in [4.69, 9.17) is 9.15 Å². The largest absolute Gasteiger partial charge is 0.468 e. The van der Waals surface area contributed by atoms with Crippen LogP contribution in [0.1, 0.15) is 60.6 Å². The molecule has 0 radical (unpaired) electrons. The molecule has 1 aliphatic heterocycles. The molecule has 21 heavy (non-hydrogen) atoms. The minimum atomic E-state index is 0.162. The van der Waals surface area contributed by atoms with E-state index in [0.29, 0.717) is 11.8 Å². The quantitative estimate of drug-likeness (QED) is 0.834. The summed E-state index contributed by atoms with van der Waals surface area (Å²) >= 11 is 0. The van der Waals surface area contributed by atoms with E-state index < -0.39 is 0 Å². The molecule has 0 N–H and O–H groups in total. The molecule has 1 amide bonds. The lowest BCUT2D eigenvalue weighted by molar-refractivity contribution is 0.0725. The lowest BCUT2D eigenvalue weighted by atomic mass is 10.00. The summed E-state index contributed by atoms with van der Waals surface area (Å²) in [6, 6.07) is 1.85. The van der Waals surface area contributed by atoms with Crippen LogP contribution in [0.5, 0.6) is 0 Å². The third-order valence-electron chi connectivity index (χ3n) is 4.66. The highest BCUT2D eigenvalue weighted by molar-refractivity contribution is 5.95. The molecule has 0 bridgehead atoms. The number of ether oxygens (including phenoxy) is 1. The molecule has 0 spiro atoms. The summed E-state index contributed by atoms with van der Waals surface area (Å²) in [4.78, 5) is 14.9. The van der Waals surface area contributed by atoms with Gasteiger partial charge >= 0.3 is 0 Å². The summed E-state index contributed by atoms with van der Waals surface area (Å²) in [6.45, 7) is 2.51. The van der Waals surface area contributed by atoms with Crippen molar-refractivity contribution in [3.8, 4) is 0 Å². The van der Waals surface area contributed by atoms with Gasteiger partial charge in [-0.2, -0.15) is 0 Å². The first-order chi connectivity index (χ1) is 10.3. The van der Waals surface area contributed by atoms with Gasteiger partial charge in [0.2, 0.25) is 0 Å². The van der Waals surface area contributed by atoms with Gasteiger partial charge in [0.25, 0.3) is 5.91 Å². The monoisotopic (exact) mass is 291 g/mol. The fraction of sp³-hybridized carbons (Fsp3) is 0.706. The van der Waals surface area contributed by atoms with Crippen LogP contribution in [-0.4, -0.2) is 37.6 Å². The van der Waals surface area contributed by atoms with Crippen molar-refractivity contribution in [3.05, 3.63) is 23.7 Å². The molecule has 4 nitrogen and oxygen atoms in total. The minimum absolute atomic E-state index is 0.162. The third-order valence-corrected chi connectivity index (χ3v) is 4.66. The first kappa shape index (κ1) is 14.6. The Labute approximate surface area is 126 Å². The molecule has 116 valence electrons. The zero-order valence-corrected chi connectivity index (χ0v) is 12.8. The molecule has 1 saturated heterocycles. The Bertz CT molecular complexity index is 478. The van der Waals surface area contributed by atoms with E-state index in [-0.39, 0.29) is 5.91 Å². The third kappa shape index (κ3) is 3.49.